The molecule has 3 rings (SSSR count). The first-order valence-corrected chi connectivity index (χ1v) is 8.18. The zero-order valence-corrected chi connectivity index (χ0v) is 13.7. The fraction of sp³-hybridized carbons (Fsp3) is 0.562. The molecule has 0 bridgehead atoms. The summed E-state index contributed by atoms with van der Waals surface area (Å²) in [5.41, 5.74) is 1.10. The molecule has 1 aromatic rings. The maximum absolute atomic E-state index is 12.6. The van der Waals surface area contributed by atoms with Gasteiger partial charge in [-0.15, -0.1) is 0 Å². The van der Waals surface area contributed by atoms with Crippen molar-refractivity contribution in [2.24, 2.45) is 11.3 Å². The van der Waals surface area contributed by atoms with E-state index in [2.05, 4.69) is 5.32 Å². The van der Waals surface area contributed by atoms with Gasteiger partial charge in [0, 0.05) is 35.1 Å². The first-order chi connectivity index (χ1) is 10.0. The number of nitrogens with zero attached hydrogens (tertiary/aromatic N) is 1. The lowest BCUT2D eigenvalue weighted by atomic mass is 9.91. The first-order valence-electron chi connectivity index (χ1n) is 7.42. The summed E-state index contributed by atoms with van der Waals surface area (Å²) >= 11 is 12.4. The molecule has 114 valence electrons. The average Bonchev–Trinajstić information content (AvgIpc) is 3.16. The number of benzene rings is 1. The Morgan fingerprint density at radius 1 is 1.33 bits per heavy atom. The summed E-state index contributed by atoms with van der Waals surface area (Å²) in [5.74, 6) is 0.416. The predicted molar refractivity (Wildman–Crippen MR) is 85.6 cm³/mol. The highest BCUT2D eigenvalue weighted by Gasteiger charge is 2.58. The summed E-state index contributed by atoms with van der Waals surface area (Å²) < 4.78 is 0. The van der Waals surface area contributed by atoms with Crippen LogP contribution < -0.4 is 5.32 Å². The molecule has 1 saturated carbocycles. The van der Waals surface area contributed by atoms with Crippen LogP contribution in [0.1, 0.15) is 24.8 Å². The van der Waals surface area contributed by atoms with E-state index in [9.17, 15) is 4.79 Å². The fourth-order valence-corrected chi connectivity index (χ4v) is 3.96. The Bertz CT molecular complexity index is 535. The number of rotatable bonds is 3. The Labute approximate surface area is 135 Å². The zero-order valence-electron chi connectivity index (χ0n) is 12.2. The maximum atomic E-state index is 12.6. The number of carbonyl (C=O) groups excluding carboxylic acids is 1. The van der Waals surface area contributed by atoms with E-state index in [1.165, 1.54) is 0 Å². The van der Waals surface area contributed by atoms with E-state index in [1.54, 1.807) is 4.90 Å². The fourth-order valence-electron chi connectivity index (χ4n) is 3.44. The van der Waals surface area contributed by atoms with Gasteiger partial charge in [-0.25, -0.2) is 0 Å². The molecule has 2 fully saturated rings. The van der Waals surface area contributed by atoms with Crippen LogP contribution in [0, 0.1) is 11.3 Å². The predicted octanol–water partition coefficient (Wildman–Crippen LogP) is 3.34. The van der Waals surface area contributed by atoms with E-state index >= 15 is 0 Å². The third-order valence-corrected chi connectivity index (χ3v) is 5.63. The molecular weight excluding hydrogens is 307 g/mol. The minimum atomic E-state index is 0.186. The number of amides is 1. The quantitative estimate of drug-likeness (QED) is 0.923. The van der Waals surface area contributed by atoms with Gasteiger partial charge in [0.05, 0.1) is 0 Å². The summed E-state index contributed by atoms with van der Waals surface area (Å²) in [6.45, 7) is 2.54. The second-order valence-corrected chi connectivity index (χ2v) is 7.08. The van der Waals surface area contributed by atoms with Crippen LogP contribution in [0.25, 0.3) is 0 Å². The van der Waals surface area contributed by atoms with E-state index in [-0.39, 0.29) is 17.2 Å². The highest BCUT2D eigenvalue weighted by Crippen LogP contribution is 2.59. The summed E-state index contributed by atoms with van der Waals surface area (Å²) in [7, 11) is 1.84. The van der Waals surface area contributed by atoms with Crippen molar-refractivity contribution in [1.82, 2.24) is 10.2 Å². The van der Waals surface area contributed by atoms with Gasteiger partial charge in [-0.2, -0.15) is 0 Å². The standard InChI is InChI=1S/C16H20Cl2N2O/c1-20(10-11-13(17)3-2-4-14(11)18)15(21)12-9-16(12)5-7-19-8-6-16/h2-4,12,19H,5-10H2,1H3. The van der Waals surface area contributed by atoms with Crippen LogP contribution in [0.15, 0.2) is 18.2 Å². The molecule has 1 unspecified atom stereocenters. The lowest BCUT2D eigenvalue weighted by Crippen LogP contribution is -2.34. The molecule has 0 radical (unpaired) electrons. The van der Waals surface area contributed by atoms with Crippen LogP contribution >= 0.6 is 23.2 Å². The molecule has 1 heterocycles. The van der Waals surface area contributed by atoms with E-state index < -0.39 is 0 Å². The third kappa shape index (κ3) is 2.92. The maximum Gasteiger partial charge on any atom is 0.226 e. The number of halogens is 2. The second-order valence-electron chi connectivity index (χ2n) is 6.26. The molecule has 1 N–H and O–H groups in total. The summed E-state index contributed by atoms with van der Waals surface area (Å²) in [4.78, 5) is 14.4. The summed E-state index contributed by atoms with van der Waals surface area (Å²) in [5, 5.41) is 4.60. The Hall–Kier alpha value is -0.770. The monoisotopic (exact) mass is 326 g/mol. The van der Waals surface area contributed by atoms with Crippen LogP contribution in [0.4, 0.5) is 0 Å². The van der Waals surface area contributed by atoms with E-state index in [4.69, 9.17) is 23.2 Å². The van der Waals surface area contributed by atoms with Crippen molar-refractivity contribution in [2.75, 3.05) is 20.1 Å². The number of piperidine rings is 1. The van der Waals surface area contributed by atoms with Crippen molar-refractivity contribution in [2.45, 2.75) is 25.8 Å². The highest BCUT2D eigenvalue weighted by atomic mass is 35.5. The topological polar surface area (TPSA) is 32.3 Å². The Balaban J connectivity index is 1.66. The number of hydrogen-bond donors (Lipinski definition) is 1. The van der Waals surface area contributed by atoms with Crippen LogP contribution in [0.2, 0.25) is 10.0 Å². The molecule has 1 aliphatic heterocycles. The van der Waals surface area contributed by atoms with Crippen LogP contribution in [-0.4, -0.2) is 30.9 Å². The lowest BCUT2D eigenvalue weighted by molar-refractivity contribution is -0.132. The molecule has 2 aliphatic rings. The molecule has 5 heteroatoms. The largest absolute Gasteiger partial charge is 0.341 e. The normalized spacial score (nSPS) is 23.1. The van der Waals surface area contributed by atoms with E-state index in [0.717, 1.165) is 37.9 Å². The van der Waals surface area contributed by atoms with Crippen molar-refractivity contribution < 1.29 is 4.79 Å². The number of nitrogens with one attached hydrogen (secondary N) is 1. The summed E-state index contributed by atoms with van der Waals surface area (Å²) in [6.07, 6.45) is 3.27. The molecule has 1 atom stereocenters. The van der Waals surface area contributed by atoms with Gasteiger partial charge >= 0.3 is 0 Å². The van der Waals surface area contributed by atoms with Crippen LogP contribution in [-0.2, 0) is 11.3 Å². The van der Waals surface area contributed by atoms with Crippen molar-refractivity contribution in [1.29, 1.82) is 0 Å². The number of carbonyl (C=O) groups is 1. The van der Waals surface area contributed by atoms with Gasteiger partial charge in [-0.1, -0.05) is 29.3 Å². The van der Waals surface area contributed by atoms with Gasteiger partial charge in [0.25, 0.3) is 0 Å². The van der Waals surface area contributed by atoms with Crippen molar-refractivity contribution >= 4 is 29.1 Å². The Kier molecular flexibility index (Phi) is 4.17. The van der Waals surface area contributed by atoms with Gasteiger partial charge in [0.1, 0.15) is 0 Å². The average molecular weight is 327 g/mol. The minimum absolute atomic E-state index is 0.186. The van der Waals surface area contributed by atoms with Crippen molar-refractivity contribution in [3.63, 3.8) is 0 Å². The molecule has 21 heavy (non-hydrogen) atoms. The second kappa shape index (κ2) is 5.79. The highest BCUT2D eigenvalue weighted by molar-refractivity contribution is 6.36. The van der Waals surface area contributed by atoms with Crippen LogP contribution in [0.3, 0.4) is 0 Å². The van der Waals surface area contributed by atoms with Crippen LogP contribution in [0.5, 0.6) is 0 Å². The van der Waals surface area contributed by atoms with Gasteiger partial charge in [-0.05, 0) is 49.9 Å². The lowest BCUT2D eigenvalue weighted by Gasteiger charge is -2.25. The van der Waals surface area contributed by atoms with Crippen molar-refractivity contribution in [3.8, 4) is 0 Å². The molecule has 1 aromatic carbocycles. The molecule has 0 aromatic heterocycles. The minimum Gasteiger partial charge on any atom is -0.341 e. The SMILES string of the molecule is CN(Cc1c(Cl)cccc1Cl)C(=O)C1CC12CCNCC2. The Morgan fingerprint density at radius 2 is 1.95 bits per heavy atom. The smallest absolute Gasteiger partial charge is 0.226 e. The molecule has 1 amide bonds. The van der Waals surface area contributed by atoms with Gasteiger partial charge < -0.3 is 10.2 Å². The molecule has 3 nitrogen and oxygen atoms in total. The van der Waals surface area contributed by atoms with Gasteiger partial charge in [-0.3, -0.25) is 4.79 Å². The van der Waals surface area contributed by atoms with Gasteiger partial charge in [0.2, 0.25) is 5.91 Å². The molecule has 1 spiro atoms. The third-order valence-electron chi connectivity index (χ3n) is 4.92. The van der Waals surface area contributed by atoms with E-state index in [1.807, 2.05) is 25.2 Å². The summed E-state index contributed by atoms with van der Waals surface area (Å²) in [6, 6.07) is 5.44. The first kappa shape index (κ1) is 15.1. The number of hydrogen-bond acceptors (Lipinski definition) is 2. The van der Waals surface area contributed by atoms with E-state index in [0.29, 0.717) is 16.6 Å². The zero-order chi connectivity index (χ0) is 15.0. The van der Waals surface area contributed by atoms with Gasteiger partial charge in [0.15, 0.2) is 0 Å². The molecule has 1 aliphatic carbocycles. The molecule has 1 saturated heterocycles. The Morgan fingerprint density at radius 3 is 2.57 bits per heavy atom. The van der Waals surface area contributed by atoms with Crippen molar-refractivity contribution in [3.05, 3.63) is 33.8 Å². The molecular formula is C16H20Cl2N2O.